The van der Waals surface area contributed by atoms with Crippen LogP contribution in [0.3, 0.4) is 0 Å². The zero-order valence-corrected chi connectivity index (χ0v) is 8.21. The van der Waals surface area contributed by atoms with Gasteiger partial charge in [-0.2, -0.15) is 5.26 Å². The summed E-state index contributed by atoms with van der Waals surface area (Å²) in [6.07, 6.45) is 0.567. The number of phenolic OH excluding ortho intramolecular Hbond substituents is 2. The van der Waals surface area contributed by atoms with Crippen LogP contribution in [0.15, 0.2) is 17.0 Å². The predicted molar refractivity (Wildman–Crippen MR) is 54.0 cm³/mol. The summed E-state index contributed by atoms with van der Waals surface area (Å²) >= 11 is 0.944. The molecular weight excluding hydrogens is 200 g/mol. The van der Waals surface area contributed by atoms with E-state index < -0.39 is 0 Å². The number of benzene rings is 1. The van der Waals surface area contributed by atoms with Crippen LogP contribution in [0.5, 0.6) is 11.5 Å². The summed E-state index contributed by atoms with van der Waals surface area (Å²) in [5.41, 5.74) is 6.15. The second kappa shape index (κ2) is 4.74. The molecule has 4 nitrogen and oxygen atoms in total. The number of nitrogens with zero attached hydrogens (tertiary/aromatic N) is 1. The second-order valence-electron chi connectivity index (χ2n) is 2.68. The van der Waals surface area contributed by atoms with Crippen LogP contribution in [0, 0.1) is 10.7 Å². The van der Waals surface area contributed by atoms with Crippen molar-refractivity contribution in [2.24, 2.45) is 5.73 Å². The van der Waals surface area contributed by atoms with Crippen molar-refractivity contribution in [2.45, 2.75) is 11.3 Å². The van der Waals surface area contributed by atoms with Crippen LogP contribution >= 0.6 is 11.8 Å². The summed E-state index contributed by atoms with van der Waals surface area (Å²) < 4.78 is 0. The molecule has 0 amide bonds. The minimum Gasteiger partial charge on any atom is -0.504 e. The van der Waals surface area contributed by atoms with Gasteiger partial charge in [0.25, 0.3) is 0 Å². The third-order valence-corrected chi connectivity index (χ3v) is 2.42. The zero-order valence-electron chi connectivity index (χ0n) is 7.40. The monoisotopic (exact) mass is 210 g/mol. The Bertz CT molecular complexity index is 374. The first-order valence-electron chi connectivity index (χ1n) is 4.00. The number of hydrogen-bond acceptors (Lipinski definition) is 5. The average molecular weight is 210 g/mol. The Kier molecular flexibility index (Phi) is 3.63. The molecule has 1 aromatic carbocycles. The first kappa shape index (κ1) is 10.7. The predicted octanol–water partition coefficient (Wildman–Crippen LogP) is 1.17. The third kappa shape index (κ3) is 2.31. The number of thioether (sulfide) groups is 1. The van der Waals surface area contributed by atoms with Gasteiger partial charge in [-0.15, -0.1) is 0 Å². The maximum absolute atomic E-state index is 9.24. The van der Waals surface area contributed by atoms with Crippen LogP contribution in [-0.2, 0) is 6.42 Å². The van der Waals surface area contributed by atoms with Gasteiger partial charge in [0, 0.05) is 4.90 Å². The summed E-state index contributed by atoms with van der Waals surface area (Å²) in [4.78, 5) is 0.633. The first-order valence-corrected chi connectivity index (χ1v) is 4.81. The van der Waals surface area contributed by atoms with E-state index in [-0.39, 0.29) is 11.5 Å². The quantitative estimate of drug-likeness (QED) is 0.396. The number of phenols is 2. The molecule has 0 aliphatic rings. The maximum atomic E-state index is 9.24. The largest absolute Gasteiger partial charge is 0.504 e. The van der Waals surface area contributed by atoms with E-state index in [0.717, 1.165) is 17.3 Å². The molecule has 0 saturated heterocycles. The Morgan fingerprint density at radius 1 is 1.36 bits per heavy atom. The fourth-order valence-electron chi connectivity index (χ4n) is 1.10. The molecule has 74 valence electrons. The average Bonchev–Trinajstić information content (AvgIpc) is 2.14. The van der Waals surface area contributed by atoms with Crippen LogP contribution in [0.25, 0.3) is 0 Å². The van der Waals surface area contributed by atoms with E-state index >= 15 is 0 Å². The lowest BCUT2D eigenvalue weighted by Gasteiger charge is -2.06. The van der Waals surface area contributed by atoms with Gasteiger partial charge in [0.2, 0.25) is 0 Å². The Morgan fingerprint density at radius 3 is 2.57 bits per heavy atom. The summed E-state index contributed by atoms with van der Waals surface area (Å²) in [5.74, 6) is -0.403. The molecule has 0 unspecified atom stereocenters. The number of aromatic hydroxyl groups is 2. The van der Waals surface area contributed by atoms with Crippen molar-refractivity contribution >= 4 is 11.8 Å². The van der Waals surface area contributed by atoms with E-state index in [2.05, 4.69) is 0 Å². The molecule has 14 heavy (non-hydrogen) atoms. The SMILES string of the molecule is N#CSc1cc(O)c(O)cc1CCN. The smallest absolute Gasteiger partial charge is 0.158 e. The number of thiocyanates is 1. The molecule has 1 aromatic rings. The van der Waals surface area contributed by atoms with Gasteiger partial charge in [0.15, 0.2) is 11.5 Å². The molecule has 0 aliphatic heterocycles. The van der Waals surface area contributed by atoms with Crippen LogP contribution in [0.1, 0.15) is 5.56 Å². The van der Waals surface area contributed by atoms with Crippen LogP contribution < -0.4 is 5.73 Å². The molecular formula is C9H10N2O2S. The van der Waals surface area contributed by atoms with E-state index in [0.29, 0.717) is 17.9 Å². The molecule has 0 saturated carbocycles. The van der Waals surface area contributed by atoms with Gasteiger partial charge < -0.3 is 15.9 Å². The third-order valence-electron chi connectivity index (χ3n) is 1.73. The molecule has 0 heterocycles. The Labute approximate surface area is 86.0 Å². The minimum absolute atomic E-state index is 0.185. The van der Waals surface area contributed by atoms with Gasteiger partial charge in [0.05, 0.1) is 0 Å². The maximum Gasteiger partial charge on any atom is 0.158 e. The van der Waals surface area contributed by atoms with Crippen molar-refractivity contribution < 1.29 is 10.2 Å². The summed E-state index contributed by atoms with van der Waals surface area (Å²) in [7, 11) is 0. The summed E-state index contributed by atoms with van der Waals surface area (Å²) in [5, 5.41) is 28.9. The highest BCUT2D eigenvalue weighted by atomic mass is 32.2. The van der Waals surface area contributed by atoms with E-state index in [1.807, 2.05) is 5.40 Å². The van der Waals surface area contributed by atoms with Crippen molar-refractivity contribution in [2.75, 3.05) is 6.54 Å². The van der Waals surface area contributed by atoms with Crippen molar-refractivity contribution in [1.82, 2.24) is 0 Å². The molecule has 5 heteroatoms. The Hall–Kier alpha value is -1.38. The first-order chi connectivity index (χ1) is 6.69. The molecule has 0 atom stereocenters. The van der Waals surface area contributed by atoms with Gasteiger partial charge in [-0.1, -0.05) is 0 Å². The summed E-state index contributed by atoms with van der Waals surface area (Å²) in [6.45, 7) is 0.434. The molecule has 0 radical (unpaired) electrons. The van der Waals surface area contributed by atoms with E-state index in [1.165, 1.54) is 12.1 Å². The molecule has 4 N–H and O–H groups in total. The van der Waals surface area contributed by atoms with E-state index in [4.69, 9.17) is 11.0 Å². The number of nitrogens with two attached hydrogens (primary N) is 1. The highest BCUT2D eigenvalue weighted by Gasteiger charge is 2.08. The van der Waals surface area contributed by atoms with E-state index in [1.54, 1.807) is 0 Å². The van der Waals surface area contributed by atoms with Gasteiger partial charge in [-0.25, -0.2) is 0 Å². The topological polar surface area (TPSA) is 90.3 Å². The van der Waals surface area contributed by atoms with Crippen LogP contribution in [-0.4, -0.2) is 16.8 Å². The summed E-state index contributed by atoms with van der Waals surface area (Å²) in [6, 6.07) is 2.80. The van der Waals surface area contributed by atoms with Gasteiger partial charge in [0.1, 0.15) is 5.40 Å². The molecule has 0 bridgehead atoms. The van der Waals surface area contributed by atoms with Gasteiger partial charge in [-0.3, -0.25) is 0 Å². The van der Waals surface area contributed by atoms with Crippen LogP contribution in [0.2, 0.25) is 0 Å². The van der Waals surface area contributed by atoms with Gasteiger partial charge in [-0.05, 0) is 42.4 Å². The van der Waals surface area contributed by atoms with Crippen molar-refractivity contribution in [3.05, 3.63) is 17.7 Å². The van der Waals surface area contributed by atoms with E-state index in [9.17, 15) is 10.2 Å². The fraction of sp³-hybridized carbons (Fsp3) is 0.222. The number of hydrogen-bond donors (Lipinski definition) is 3. The lowest BCUT2D eigenvalue weighted by Crippen LogP contribution is -2.03. The van der Waals surface area contributed by atoms with Gasteiger partial charge >= 0.3 is 0 Å². The number of nitriles is 1. The minimum atomic E-state index is -0.219. The van der Waals surface area contributed by atoms with Crippen molar-refractivity contribution in [3.8, 4) is 16.9 Å². The normalized spacial score (nSPS) is 9.71. The fourth-order valence-corrected chi connectivity index (χ4v) is 1.66. The second-order valence-corrected chi connectivity index (χ2v) is 3.51. The Balaban J connectivity index is 3.11. The highest BCUT2D eigenvalue weighted by Crippen LogP contribution is 2.33. The number of rotatable bonds is 3. The Morgan fingerprint density at radius 2 is 2.00 bits per heavy atom. The lowest BCUT2D eigenvalue weighted by molar-refractivity contribution is 0.401. The van der Waals surface area contributed by atoms with Crippen molar-refractivity contribution in [3.63, 3.8) is 0 Å². The lowest BCUT2D eigenvalue weighted by atomic mass is 10.1. The molecule has 0 spiro atoms. The highest BCUT2D eigenvalue weighted by molar-refractivity contribution is 8.03. The molecule has 0 aromatic heterocycles. The standard InChI is InChI=1S/C9H10N2O2S/c10-2-1-6-3-7(12)8(13)4-9(6)14-5-11/h3-4,12-13H,1-2,10H2. The van der Waals surface area contributed by atoms with Crippen molar-refractivity contribution in [1.29, 1.82) is 5.26 Å². The molecule has 1 rings (SSSR count). The zero-order chi connectivity index (χ0) is 10.6. The molecule has 0 fully saturated rings. The molecule has 0 aliphatic carbocycles. The van der Waals surface area contributed by atoms with Crippen LogP contribution in [0.4, 0.5) is 0 Å².